The standard InChI is InChI=1S/C30H20O/c1-19-15-17-21(18-16-19)26-22-11-5-6-12-23(22)27(20-9-3-2-4-10-20)29-28(26)24-13-7-8-14-25(24)30(29)31/h2-18H,1H3. The van der Waals surface area contributed by atoms with Gasteiger partial charge >= 0.3 is 0 Å². The molecule has 1 nitrogen and oxygen atoms in total. The molecule has 0 bridgehead atoms. The van der Waals surface area contributed by atoms with Crippen LogP contribution in [0.3, 0.4) is 0 Å². The Balaban J connectivity index is 1.85. The van der Waals surface area contributed by atoms with Crippen molar-refractivity contribution >= 4 is 16.6 Å². The van der Waals surface area contributed by atoms with Crippen LogP contribution in [0.15, 0.2) is 103 Å². The van der Waals surface area contributed by atoms with Crippen molar-refractivity contribution in [1.82, 2.24) is 0 Å². The molecular weight excluding hydrogens is 376 g/mol. The van der Waals surface area contributed by atoms with Gasteiger partial charge in [-0.3, -0.25) is 4.79 Å². The first-order valence-corrected chi connectivity index (χ1v) is 10.6. The molecule has 1 aliphatic rings. The summed E-state index contributed by atoms with van der Waals surface area (Å²) in [5, 5.41) is 2.29. The molecule has 0 radical (unpaired) electrons. The van der Waals surface area contributed by atoms with E-state index in [1.165, 1.54) is 10.9 Å². The van der Waals surface area contributed by atoms with E-state index < -0.39 is 0 Å². The van der Waals surface area contributed by atoms with E-state index in [1.807, 2.05) is 36.4 Å². The third kappa shape index (κ3) is 2.60. The molecule has 0 saturated heterocycles. The molecule has 0 heterocycles. The van der Waals surface area contributed by atoms with Gasteiger partial charge in [0.1, 0.15) is 0 Å². The van der Waals surface area contributed by atoms with E-state index >= 15 is 0 Å². The van der Waals surface area contributed by atoms with E-state index in [-0.39, 0.29) is 5.78 Å². The largest absolute Gasteiger partial charge is 0.289 e. The Labute approximate surface area is 181 Å². The van der Waals surface area contributed by atoms with E-state index in [1.54, 1.807) is 0 Å². The van der Waals surface area contributed by atoms with Gasteiger partial charge in [0.15, 0.2) is 5.78 Å². The first-order chi connectivity index (χ1) is 15.2. The van der Waals surface area contributed by atoms with E-state index in [2.05, 4.69) is 73.7 Å². The molecule has 0 amide bonds. The molecule has 0 atom stereocenters. The molecule has 1 aliphatic carbocycles. The Morgan fingerprint density at radius 2 is 0.968 bits per heavy atom. The summed E-state index contributed by atoms with van der Waals surface area (Å²) in [5.41, 5.74) is 9.31. The SMILES string of the molecule is Cc1ccc(-c2c3c(c(-c4ccccc4)c4ccccc24)C(=O)c2ccccc2-3)cc1. The van der Waals surface area contributed by atoms with Crippen molar-refractivity contribution in [3.63, 3.8) is 0 Å². The first kappa shape index (κ1) is 17.9. The molecule has 5 aromatic rings. The summed E-state index contributed by atoms with van der Waals surface area (Å²) >= 11 is 0. The third-order valence-corrected chi connectivity index (χ3v) is 6.29. The minimum Gasteiger partial charge on any atom is -0.289 e. The molecular formula is C30H20O. The van der Waals surface area contributed by atoms with Crippen LogP contribution in [0.4, 0.5) is 0 Å². The fraction of sp³-hybridized carbons (Fsp3) is 0.0333. The van der Waals surface area contributed by atoms with Gasteiger partial charge in [-0.05, 0) is 39.9 Å². The van der Waals surface area contributed by atoms with Gasteiger partial charge in [0.2, 0.25) is 0 Å². The van der Waals surface area contributed by atoms with Crippen LogP contribution >= 0.6 is 0 Å². The smallest absolute Gasteiger partial charge is 0.194 e. The molecule has 146 valence electrons. The zero-order chi connectivity index (χ0) is 20.9. The lowest BCUT2D eigenvalue weighted by Crippen LogP contribution is -2.00. The van der Waals surface area contributed by atoms with Crippen molar-refractivity contribution in [1.29, 1.82) is 0 Å². The van der Waals surface area contributed by atoms with E-state index in [0.717, 1.165) is 49.9 Å². The molecule has 6 rings (SSSR count). The van der Waals surface area contributed by atoms with Gasteiger partial charge in [-0.1, -0.05) is 109 Å². The van der Waals surface area contributed by atoms with Crippen molar-refractivity contribution in [2.75, 3.05) is 0 Å². The van der Waals surface area contributed by atoms with E-state index in [9.17, 15) is 4.79 Å². The summed E-state index contributed by atoms with van der Waals surface area (Å²) in [6.45, 7) is 2.10. The fourth-order valence-corrected chi connectivity index (χ4v) is 4.89. The van der Waals surface area contributed by atoms with Crippen LogP contribution in [0.5, 0.6) is 0 Å². The minimum absolute atomic E-state index is 0.114. The molecule has 0 fully saturated rings. The zero-order valence-corrected chi connectivity index (χ0v) is 17.2. The molecule has 0 spiro atoms. The maximum Gasteiger partial charge on any atom is 0.194 e. The van der Waals surface area contributed by atoms with Crippen molar-refractivity contribution in [2.45, 2.75) is 6.92 Å². The minimum atomic E-state index is 0.114. The lowest BCUT2D eigenvalue weighted by molar-refractivity contribution is 0.104. The highest BCUT2D eigenvalue weighted by atomic mass is 16.1. The second-order valence-electron chi connectivity index (χ2n) is 8.15. The van der Waals surface area contributed by atoms with Crippen molar-refractivity contribution in [3.05, 3.63) is 120 Å². The predicted octanol–water partition coefficient (Wildman–Crippen LogP) is 7.69. The van der Waals surface area contributed by atoms with Crippen molar-refractivity contribution in [2.24, 2.45) is 0 Å². The molecule has 0 unspecified atom stereocenters. The third-order valence-electron chi connectivity index (χ3n) is 6.29. The van der Waals surface area contributed by atoms with Crippen molar-refractivity contribution < 1.29 is 4.79 Å². The van der Waals surface area contributed by atoms with Crippen LogP contribution in [0, 0.1) is 6.92 Å². The van der Waals surface area contributed by atoms with Crippen LogP contribution < -0.4 is 0 Å². The van der Waals surface area contributed by atoms with Crippen molar-refractivity contribution in [3.8, 4) is 33.4 Å². The fourth-order valence-electron chi connectivity index (χ4n) is 4.89. The number of fused-ring (bicyclic) bond motifs is 4. The summed E-state index contributed by atoms with van der Waals surface area (Å²) in [6.07, 6.45) is 0. The van der Waals surface area contributed by atoms with Crippen LogP contribution in [-0.2, 0) is 0 Å². The lowest BCUT2D eigenvalue weighted by Gasteiger charge is -2.19. The van der Waals surface area contributed by atoms with E-state index in [4.69, 9.17) is 0 Å². The average molecular weight is 396 g/mol. The Bertz CT molecular complexity index is 1480. The Hall–Kier alpha value is -3.97. The molecule has 31 heavy (non-hydrogen) atoms. The van der Waals surface area contributed by atoms with Crippen LogP contribution in [-0.4, -0.2) is 5.78 Å². The number of ketones is 1. The highest BCUT2D eigenvalue weighted by molar-refractivity contribution is 6.31. The van der Waals surface area contributed by atoms with Gasteiger partial charge in [-0.15, -0.1) is 0 Å². The van der Waals surface area contributed by atoms with Gasteiger partial charge in [-0.25, -0.2) is 0 Å². The number of hydrogen-bond donors (Lipinski definition) is 0. The van der Waals surface area contributed by atoms with Gasteiger partial charge in [0, 0.05) is 22.3 Å². The van der Waals surface area contributed by atoms with Gasteiger partial charge in [0.05, 0.1) is 0 Å². The molecule has 0 N–H and O–H groups in total. The molecule has 0 saturated carbocycles. The van der Waals surface area contributed by atoms with Gasteiger partial charge < -0.3 is 0 Å². The van der Waals surface area contributed by atoms with Crippen LogP contribution in [0.25, 0.3) is 44.2 Å². The first-order valence-electron chi connectivity index (χ1n) is 10.6. The topological polar surface area (TPSA) is 17.1 Å². The van der Waals surface area contributed by atoms with E-state index in [0.29, 0.717) is 0 Å². The van der Waals surface area contributed by atoms with Gasteiger partial charge in [-0.2, -0.15) is 0 Å². The highest BCUT2D eigenvalue weighted by Crippen LogP contribution is 2.51. The predicted molar refractivity (Wildman–Crippen MR) is 128 cm³/mol. The number of rotatable bonds is 2. The number of aryl methyl sites for hydroxylation is 1. The summed E-state index contributed by atoms with van der Waals surface area (Å²) in [7, 11) is 0. The average Bonchev–Trinajstić information content (AvgIpc) is 3.11. The molecule has 0 aromatic heterocycles. The number of carbonyl (C=O) groups excluding carboxylic acids is 1. The highest BCUT2D eigenvalue weighted by Gasteiger charge is 2.34. The summed E-state index contributed by atoms with van der Waals surface area (Å²) in [6, 6.07) is 35.4. The Morgan fingerprint density at radius 1 is 0.452 bits per heavy atom. The maximum atomic E-state index is 13.8. The summed E-state index contributed by atoms with van der Waals surface area (Å²) < 4.78 is 0. The zero-order valence-electron chi connectivity index (χ0n) is 17.2. The van der Waals surface area contributed by atoms with Gasteiger partial charge in [0.25, 0.3) is 0 Å². The quantitative estimate of drug-likeness (QED) is 0.293. The van der Waals surface area contributed by atoms with Crippen LogP contribution in [0.2, 0.25) is 0 Å². The molecule has 0 aliphatic heterocycles. The second-order valence-corrected chi connectivity index (χ2v) is 8.15. The summed E-state index contributed by atoms with van der Waals surface area (Å²) in [5.74, 6) is 0.114. The Morgan fingerprint density at radius 3 is 1.65 bits per heavy atom. The van der Waals surface area contributed by atoms with Crippen LogP contribution in [0.1, 0.15) is 21.5 Å². The number of carbonyl (C=O) groups is 1. The number of benzene rings is 5. The molecule has 5 aromatic carbocycles. The molecule has 1 heteroatoms. The monoisotopic (exact) mass is 396 g/mol. The summed E-state index contributed by atoms with van der Waals surface area (Å²) in [4.78, 5) is 13.8. The lowest BCUT2D eigenvalue weighted by atomic mass is 9.83. The number of hydrogen-bond acceptors (Lipinski definition) is 1. The normalized spacial score (nSPS) is 12.1. The Kier molecular flexibility index (Phi) is 3.91. The maximum absolute atomic E-state index is 13.8. The second kappa shape index (κ2) is 6.78.